The number of aromatic nitrogens is 2. The molecule has 2 aromatic rings. The average molecular weight is 576 g/mol. The van der Waals surface area contributed by atoms with E-state index in [1.165, 1.54) is 40.8 Å². The normalized spacial score (nSPS) is 14.9. The molecule has 1 aromatic carbocycles. The third-order valence-electron chi connectivity index (χ3n) is 6.55. The summed E-state index contributed by atoms with van der Waals surface area (Å²) in [4.78, 5) is 45.6. The first-order valence-corrected chi connectivity index (χ1v) is 14.8. The smallest absolute Gasteiger partial charge is 0.410 e. The minimum absolute atomic E-state index is 0.144. The molecule has 0 fully saturated rings. The van der Waals surface area contributed by atoms with Gasteiger partial charge < -0.3 is 13.8 Å². The molecule has 1 aliphatic heterocycles. The lowest BCUT2D eigenvalue weighted by atomic mass is 10.00. The molecule has 216 valence electrons. The summed E-state index contributed by atoms with van der Waals surface area (Å²) in [5.41, 5.74) is -0.127. The summed E-state index contributed by atoms with van der Waals surface area (Å²) in [5.74, 6) is -1.64. The summed E-state index contributed by atoms with van der Waals surface area (Å²) in [6.07, 6.45) is 6.25. The van der Waals surface area contributed by atoms with Crippen LogP contribution in [0.4, 0.5) is 9.18 Å². The van der Waals surface area contributed by atoms with Crippen LogP contribution < -0.4 is 9.74 Å². The third-order valence-corrected chi connectivity index (χ3v) is 7.02. The van der Waals surface area contributed by atoms with Crippen LogP contribution in [0.3, 0.4) is 0 Å². The van der Waals surface area contributed by atoms with E-state index in [4.69, 9.17) is 8.92 Å². The van der Waals surface area contributed by atoms with Crippen molar-refractivity contribution in [3.05, 3.63) is 76.2 Å². The number of benzene rings is 1. The molecule has 0 spiro atoms. The van der Waals surface area contributed by atoms with Crippen molar-refractivity contribution in [2.75, 3.05) is 19.9 Å². The Morgan fingerprint density at radius 1 is 1.27 bits per heavy atom. The van der Waals surface area contributed by atoms with Gasteiger partial charge in [-0.15, -0.1) is 6.58 Å². The van der Waals surface area contributed by atoms with Gasteiger partial charge in [-0.25, -0.2) is 14.2 Å². The van der Waals surface area contributed by atoms with Gasteiger partial charge in [-0.3, -0.25) is 14.2 Å². The fourth-order valence-corrected chi connectivity index (χ4v) is 4.96. The van der Waals surface area contributed by atoms with Crippen molar-refractivity contribution >= 4 is 28.1 Å². The maximum Gasteiger partial charge on any atom is 0.410 e. The van der Waals surface area contributed by atoms with Crippen LogP contribution in [0.15, 0.2) is 42.2 Å². The van der Waals surface area contributed by atoms with E-state index < -0.39 is 50.9 Å². The standard InChI is InChI=1S/C28H34FN3O7S/c1-5-7-10-17-38-28(35)31(3)22-11-8-9-16-32-26(22)30-24(25(27(32)34)39-40(4,36)37)23(33)15-13-20-12-14-21(29)18-19(20)6-2/h5-6,12,14,18,22H,1-2,7-11,13,15-17H2,3-4H3. The number of hydrogen-bond acceptors (Lipinski definition) is 8. The topological polar surface area (TPSA) is 125 Å². The molecule has 1 aliphatic rings. The van der Waals surface area contributed by atoms with E-state index in [0.29, 0.717) is 43.2 Å². The summed E-state index contributed by atoms with van der Waals surface area (Å²) in [6, 6.07) is 3.37. The van der Waals surface area contributed by atoms with Crippen LogP contribution in [-0.2, 0) is 27.8 Å². The Labute approximate surface area is 233 Å². The van der Waals surface area contributed by atoms with E-state index in [2.05, 4.69) is 18.1 Å². The van der Waals surface area contributed by atoms with Gasteiger partial charge in [0, 0.05) is 20.0 Å². The highest BCUT2D eigenvalue weighted by atomic mass is 32.2. The monoisotopic (exact) mass is 575 g/mol. The van der Waals surface area contributed by atoms with E-state index in [1.54, 1.807) is 6.08 Å². The largest absolute Gasteiger partial charge is 0.449 e. The Morgan fingerprint density at radius 3 is 2.70 bits per heavy atom. The molecule has 12 heteroatoms. The zero-order chi connectivity index (χ0) is 29.4. The van der Waals surface area contributed by atoms with Crippen molar-refractivity contribution in [1.82, 2.24) is 14.5 Å². The number of nitrogens with zero attached hydrogens (tertiary/aromatic N) is 3. The fraction of sp³-hybridized carbons (Fsp3) is 0.429. The SMILES string of the molecule is C=CCCCOC(=O)N(C)C1CCCCn2c1nc(C(=O)CCc1ccc(F)cc1C=C)c(OS(C)(=O)=O)c2=O. The number of ketones is 1. The number of aryl methyl sites for hydroxylation is 1. The minimum Gasteiger partial charge on any atom is -0.449 e. The lowest BCUT2D eigenvalue weighted by Gasteiger charge is -2.27. The molecule has 0 saturated carbocycles. The van der Waals surface area contributed by atoms with Gasteiger partial charge in [0.25, 0.3) is 5.56 Å². The van der Waals surface area contributed by atoms with Crippen molar-refractivity contribution in [2.24, 2.45) is 0 Å². The zero-order valence-corrected chi connectivity index (χ0v) is 23.5. The second kappa shape index (κ2) is 13.5. The first-order valence-electron chi connectivity index (χ1n) is 13.0. The number of allylic oxidation sites excluding steroid dienone is 1. The highest BCUT2D eigenvalue weighted by Gasteiger charge is 2.33. The number of carbonyl (C=O) groups excluding carboxylic acids is 2. The molecule has 40 heavy (non-hydrogen) atoms. The van der Waals surface area contributed by atoms with E-state index >= 15 is 0 Å². The third kappa shape index (κ3) is 7.65. The Morgan fingerprint density at radius 2 is 2.02 bits per heavy atom. The van der Waals surface area contributed by atoms with E-state index in [9.17, 15) is 27.2 Å². The Balaban J connectivity index is 2.02. The number of rotatable bonds is 12. The van der Waals surface area contributed by atoms with Crippen molar-refractivity contribution in [2.45, 2.75) is 57.5 Å². The molecule has 0 saturated heterocycles. The number of unbranched alkanes of at least 4 members (excludes halogenated alkanes) is 1. The molecule has 1 aromatic heterocycles. The Hall–Kier alpha value is -3.80. The van der Waals surface area contributed by atoms with Gasteiger partial charge in [-0.1, -0.05) is 24.8 Å². The second-order valence-corrected chi connectivity index (χ2v) is 11.1. The lowest BCUT2D eigenvalue weighted by molar-refractivity contribution is 0.0921. The molecule has 2 heterocycles. The highest BCUT2D eigenvalue weighted by molar-refractivity contribution is 7.86. The molecule has 1 amide bonds. The first kappa shape index (κ1) is 30.7. The average Bonchev–Trinajstić information content (AvgIpc) is 3.13. The van der Waals surface area contributed by atoms with Crippen molar-refractivity contribution in [3.8, 4) is 5.75 Å². The number of carbonyl (C=O) groups is 2. The number of amides is 1. The van der Waals surface area contributed by atoms with E-state index in [1.807, 2.05) is 0 Å². The van der Waals surface area contributed by atoms with E-state index in [0.717, 1.165) is 6.26 Å². The molecule has 0 aliphatic carbocycles. The van der Waals surface area contributed by atoms with Crippen LogP contribution in [0.5, 0.6) is 5.75 Å². The Kier molecular flexibility index (Phi) is 10.4. The summed E-state index contributed by atoms with van der Waals surface area (Å²) < 4.78 is 49.3. The van der Waals surface area contributed by atoms with Crippen molar-refractivity contribution in [1.29, 1.82) is 0 Å². The van der Waals surface area contributed by atoms with Gasteiger partial charge in [-0.2, -0.15) is 8.42 Å². The molecule has 0 N–H and O–H groups in total. The minimum atomic E-state index is -4.18. The van der Waals surface area contributed by atoms with Crippen LogP contribution in [-0.4, -0.2) is 54.7 Å². The summed E-state index contributed by atoms with van der Waals surface area (Å²) in [5, 5.41) is 0. The summed E-state index contributed by atoms with van der Waals surface area (Å²) >= 11 is 0. The lowest BCUT2D eigenvalue weighted by Crippen LogP contribution is -2.37. The molecular weight excluding hydrogens is 541 g/mol. The maximum atomic E-state index is 13.6. The molecule has 0 radical (unpaired) electrons. The van der Waals surface area contributed by atoms with Crippen LogP contribution in [0.2, 0.25) is 0 Å². The zero-order valence-electron chi connectivity index (χ0n) is 22.7. The molecule has 3 rings (SSSR count). The second-order valence-electron chi connectivity index (χ2n) is 9.53. The molecule has 1 atom stereocenters. The highest BCUT2D eigenvalue weighted by Crippen LogP contribution is 2.30. The van der Waals surface area contributed by atoms with Gasteiger partial charge in [0.05, 0.1) is 18.9 Å². The maximum absolute atomic E-state index is 13.6. The van der Waals surface area contributed by atoms with Gasteiger partial charge in [0.15, 0.2) is 11.5 Å². The van der Waals surface area contributed by atoms with Crippen molar-refractivity contribution in [3.63, 3.8) is 0 Å². The number of Topliss-reactive ketones (excluding diaryl/α,β-unsaturated/α-hetero) is 1. The van der Waals surface area contributed by atoms with Crippen LogP contribution in [0.1, 0.15) is 72.0 Å². The summed E-state index contributed by atoms with van der Waals surface area (Å²) in [6.45, 7) is 7.69. The fourth-order valence-electron chi connectivity index (χ4n) is 4.51. The number of halogens is 1. The first-order chi connectivity index (χ1) is 19.0. The van der Waals surface area contributed by atoms with Gasteiger partial charge in [-0.05, 0) is 61.8 Å². The van der Waals surface area contributed by atoms with E-state index in [-0.39, 0.29) is 31.8 Å². The molecule has 0 bridgehead atoms. The Bertz CT molecular complexity index is 1450. The molecular formula is C28H34FN3O7S. The van der Waals surface area contributed by atoms with Crippen LogP contribution in [0.25, 0.3) is 6.08 Å². The predicted octanol–water partition coefficient (Wildman–Crippen LogP) is 4.44. The van der Waals surface area contributed by atoms with Crippen molar-refractivity contribution < 1.29 is 31.3 Å². The molecule has 1 unspecified atom stereocenters. The van der Waals surface area contributed by atoms with Crippen LogP contribution >= 0.6 is 0 Å². The number of ether oxygens (including phenoxy) is 1. The number of hydrogen-bond donors (Lipinski definition) is 0. The predicted molar refractivity (Wildman–Crippen MR) is 148 cm³/mol. The van der Waals surface area contributed by atoms with Gasteiger partial charge in [0.1, 0.15) is 11.6 Å². The quantitative estimate of drug-likeness (QED) is 0.157. The van der Waals surface area contributed by atoms with Crippen LogP contribution in [0, 0.1) is 5.82 Å². The number of fused-ring (bicyclic) bond motifs is 1. The molecule has 10 nitrogen and oxygen atoms in total. The van der Waals surface area contributed by atoms with Gasteiger partial charge >= 0.3 is 16.2 Å². The van der Waals surface area contributed by atoms with Gasteiger partial charge in [0.2, 0.25) is 5.75 Å². The summed E-state index contributed by atoms with van der Waals surface area (Å²) in [7, 11) is -2.66.